The number of hydrogen-bond acceptors (Lipinski definition) is 6. The average Bonchev–Trinajstić information content (AvgIpc) is 3.26. The Balaban J connectivity index is 1.77. The number of H-pyrrole nitrogens is 1. The number of anilines is 2. The van der Waals surface area contributed by atoms with E-state index in [0.29, 0.717) is 40.2 Å². The molecule has 33 heavy (non-hydrogen) atoms. The van der Waals surface area contributed by atoms with E-state index < -0.39 is 11.4 Å². The molecule has 2 aromatic carbocycles. The molecular weight excluding hydrogens is 421 g/mol. The zero-order chi connectivity index (χ0) is 23.1. The lowest BCUT2D eigenvalue weighted by Gasteiger charge is -2.24. The van der Waals surface area contributed by atoms with Gasteiger partial charge in [-0.05, 0) is 42.5 Å². The van der Waals surface area contributed by atoms with Crippen molar-refractivity contribution in [3.63, 3.8) is 0 Å². The molecule has 9 heteroatoms. The molecule has 8 nitrogen and oxygen atoms in total. The summed E-state index contributed by atoms with van der Waals surface area (Å²) >= 11 is 0. The van der Waals surface area contributed by atoms with Gasteiger partial charge < -0.3 is 16.0 Å². The third-order valence-electron chi connectivity index (χ3n) is 5.75. The van der Waals surface area contributed by atoms with Crippen LogP contribution in [0.2, 0.25) is 0 Å². The fourth-order valence-electron chi connectivity index (χ4n) is 4.16. The van der Waals surface area contributed by atoms with Gasteiger partial charge in [-0.2, -0.15) is 9.97 Å². The van der Waals surface area contributed by atoms with Crippen molar-refractivity contribution in [2.45, 2.75) is 26.3 Å². The van der Waals surface area contributed by atoms with Crippen LogP contribution in [-0.4, -0.2) is 24.5 Å². The van der Waals surface area contributed by atoms with Crippen molar-refractivity contribution < 1.29 is 4.39 Å². The van der Waals surface area contributed by atoms with Gasteiger partial charge in [0.1, 0.15) is 11.3 Å². The second kappa shape index (κ2) is 8.01. The van der Waals surface area contributed by atoms with Gasteiger partial charge in [-0.15, -0.1) is 0 Å². The van der Waals surface area contributed by atoms with Crippen molar-refractivity contribution in [2.24, 2.45) is 0 Å². The number of benzene rings is 2. The second-order valence-corrected chi connectivity index (χ2v) is 7.84. The van der Waals surface area contributed by atoms with Crippen molar-refractivity contribution >= 4 is 33.7 Å². The molecule has 3 aromatic heterocycles. The standard InChI is InChI=1S/C24H22FN7O/c1-3-16(29-22-20-21(28-12-27-20)30-24(26)31-22)18-11-14-8-6-9-15(25)19(14)23(33)32(18)17-10-5-4-7-13(17)2/h4-12,16H,3H2,1-2H3,(H4,26,27,28,29,30,31)/t16-/m0/s1. The Morgan fingerprint density at radius 3 is 2.79 bits per heavy atom. The zero-order valence-corrected chi connectivity index (χ0v) is 18.1. The number of hydrogen-bond donors (Lipinski definition) is 3. The number of pyridine rings is 1. The van der Waals surface area contributed by atoms with Gasteiger partial charge in [0.05, 0.1) is 23.4 Å². The molecule has 0 spiro atoms. The summed E-state index contributed by atoms with van der Waals surface area (Å²) in [7, 11) is 0. The summed E-state index contributed by atoms with van der Waals surface area (Å²) in [5, 5.41) is 3.97. The van der Waals surface area contributed by atoms with Crippen molar-refractivity contribution in [2.75, 3.05) is 11.1 Å². The molecule has 5 rings (SSSR count). The minimum Gasteiger partial charge on any atom is -0.368 e. The summed E-state index contributed by atoms with van der Waals surface area (Å²) < 4.78 is 16.3. The van der Waals surface area contributed by atoms with Crippen LogP contribution < -0.4 is 16.6 Å². The van der Waals surface area contributed by atoms with Crippen LogP contribution in [0.15, 0.2) is 59.7 Å². The Morgan fingerprint density at radius 1 is 1.18 bits per heavy atom. The lowest BCUT2D eigenvalue weighted by Crippen LogP contribution is -2.27. The van der Waals surface area contributed by atoms with Crippen molar-refractivity contribution in [1.29, 1.82) is 0 Å². The molecule has 0 radical (unpaired) electrons. The molecule has 0 saturated carbocycles. The zero-order valence-electron chi connectivity index (χ0n) is 18.1. The van der Waals surface area contributed by atoms with E-state index in [1.807, 2.05) is 44.2 Å². The second-order valence-electron chi connectivity index (χ2n) is 7.84. The summed E-state index contributed by atoms with van der Waals surface area (Å²) in [6.45, 7) is 3.91. The fraction of sp³-hybridized carbons (Fsp3) is 0.167. The van der Waals surface area contributed by atoms with Gasteiger partial charge in [0, 0.05) is 5.69 Å². The number of aromatic nitrogens is 5. The summed E-state index contributed by atoms with van der Waals surface area (Å²) in [4.78, 5) is 29.4. The van der Waals surface area contributed by atoms with Crippen LogP contribution in [0.3, 0.4) is 0 Å². The number of fused-ring (bicyclic) bond motifs is 2. The van der Waals surface area contributed by atoms with Gasteiger partial charge in [0.2, 0.25) is 5.95 Å². The van der Waals surface area contributed by atoms with Crippen LogP contribution in [0.1, 0.15) is 30.6 Å². The van der Waals surface area contributed by atoms with Gasteiger partial charge in [-0.25, -0.2) is 9.37 Å². The number of aromatic amines is 1. The first-order valence-electron chi connectivity index (χ1n) is 10.6. The maximum atomic E-state index is 14.7. The summed E-state index contributed by atoms with van der Waals surface area (Å²) in [6, 6.07) is 13.7. The summed E-state index contributed by atoms with van der Waals surface area (Å²) in [5.41, 5.74) is 8.79. The van der Waals surface area contributed by atoms with Crippen LogP contribution in [0.4, 0.5) is 16.2 Å². The third-order valence-corrected chi connectivity index (χ3v) is 5.75. The highest BCUT2D eigenvalue weighted by Crippen LogP contribution is 2.29. The number of halogens is 1. The molecule has 4 N–H and O–H groups in total. The molecule has 0 aliphatic carbocycles. The van der Waals surface area contributed by atoms with E-state index in [9.17, 15) is 9.18 Å². The van der Waals surface area contributed by atoms with Crippen LogP contribution in [0.5, 0.6) is 0 Å². The maximum absolute atomic E-state index is 14.7. The lowest BCUT2D eigenvalue weighted by molar-refractivity contribution is 0.635. The van der Waals surface area contributed by atoms with Gasteiger partial charge in [-0.1, -0.05) is 37.3 Å². The minimum atomic E-state index is -0.547. The largest absolute Gasteiger partial charge is 0.368 e. The first kappa shape index (κ1) is 20.6. The lowest BCUT2D eigenvalue weighted by atomic mass is 10.0. The first-order valence-corrected chi connectivity index (χ1v) is 10.6. The van der Waals surface area contributed by atoms with Crippen molar-refractivity contribution in [1.82, 2.24) is 24.5 Å². The SMILES string of the molecule is CC[C@H](Nc1nc(N)nc2[nH]cnc12)c1cc2cccc(F)c2c(=O)n1-c1ccccc1C. The van der Waals surface area contributed by atoms with Gasteiger partial charge in [-0.3, -0.25) is 9.36 Å². The Hall–Kier alpha value is -4.27. The number of imidazole rings is 1. The van der Waals surface area contributed by atoms with Crippen LogP contribution in [0.25, 0.3) is 27.6 Å². The number of para-hydroxylation sites is 1. The van der Waals surface area contributed by atoms with E-state index in [4.69, 9.17) is 5.73 Å². The molecule has 0 aliphatic heterocycles. The molecule has 0 fully saturated rings. The smallest absolute Gasteiger partial charge is 0.266 e. The number of nitrogens with zero attached hydrogens (tertiary/aromatic N) is 4. The molecule has 3 heterocycles. The Bertz CT molecular complexity index is 1560. The van der Waals surface area contributed by atoms with E-state index in [1.54, 1.807) is 16.7 Å². The van der Waals surface area contributed by atoms with Crippen molar-refractivity contribution in [3.8, 4) is 5.69 Å². The third kappa shape index (κ3) is 3.47. The minimum absolute atomic E-state index is 0.0559. The number of nitrogen functional groups attached to an aromatic ring is 1. The summed E-state index contributed by atoms with van der Waals surface area (Å²) in [5.74, 6) is 0.00361. The fourth-order valence-corrected chi connectivity index (χ4v) is 4.16. The molecule has 0 amide bonds. The average molecular weight is 443 g/mol. The van der Waals surface area contributed by atoms with Crippen LogP contribution in [-0.2, 0) is 0 Å². The van der Waals surface area contributed by atoms with Crippen LogP contribution in [0, 0.1) is 12.7 Å². The predicted molar refractivity (Wildman–Crippen MR) is 127 cm³/mol. The highest BCUT2D eigenvalue weighted by molar-refractivity contribution is 5.85. The Labute approximate surface area is 188 Å². The molecule has 166 valence electrons. The van der Waals surface area contributed by atoms with E-state index >= 15 is 0 Å². The molecular formula is C24H22FN7O. The Morgan fingerprint density at radius 2 is 2.00 bits per heavy atom. The molecule has 0 bridgehead atoms. The Kier molecular flexibility index (Phi) is 5.01. The summed E-state index contributed by atoms with van der Waals surface area (Å²) in [6.07, 6.45) is 2.13. The van der Waals surface area contributed by atoms with Gasteiger partial charge in [0.15, 0.2) is 11.5 Å². The van der Waals surface area contributed by atoms with Crippen molar-refractivity contribution in [3.05, 3.63) is 82.3 Å². The maximum Gasteiger partial charge on any atom is 0.266 e. The van der Waals surface area contributed by atoms with E-state index in [0.717, 1.165) is 5.56 Å². The highest BCUT2D eigenvalue weighted by Gasteiger charge is 2.22. The van der Waals surface area contributed by atoms with E-state index in [1.165, 1.54) is 12.4 Å². The predicted octanol–water partition coefficient (Wildman–Crippen LogP) is 4.25. The molecule has 0 unspecified atom stereocenters. The number of rotatable bonds is 5. The monoisotopic (exact) mass is 443 g/mol. The molecule has 5 aromatic rings. The number of aryl methyl sites for hydroxylation is 1. The first-order chi connectivity index (χ1) is 16.0. The van der Waals surface area contributed by atoms with Gasteiger partial charge >= 0.3 is 0 Å². The molecule has 0 aliphatic rings. The van der Waals surface area contributed by atoms with Crippen LogP contribution >= 0.6 is 0 Å². The molecule has 0 saturated heterocycles. The molecule has 1 atom stereocenters. The topological polar surface area (TPSA) is 115 Å². The quantitative estimate of drug-likeness (QED) is 0.374. The van der Waals surface area contributed by atoms with E-state index in [-0.39, 0.29) is 17.4 Å². The highest BCUT2D eigenvalue weighted by atomic mass is 19.1. The normalized spacial score (nSPS) is 12.3. The number of nitrogens with one attached hydrogen (secondary N) is 2. The van der Waals surface area contributed by atoms with E-state index in [2.05, 4.69) is 25.3 Å². The number of nitrogens with two attached hydrogens (primary N) is 1. The van der Waals surface area contributed by atoms with Gasteiger partial charge in [0.25, 0.3) is 5.56 Å².